The zero-order valence-electron chi connectivity index (χ0n) is 24.5. The summed E-state index contributed by atoms with van der Waals surface area (Å²) in [5, 5.41) is 0. The molecule has 3 aliphatic heterocycles. The van der Waals surface area contributed by atoms with E-state index in [0.29, 0.717) is 37.4 Å². The molecule has 0 aliphatic carbocycles. The van der Waals surface area contributed by atoms with Gasteiger partial charge < -0.3 is 28.8 Å². The van der Waals surface area contributed by atoms with Crippen LogP contribution in [0.2, 0.25) is 0 Å². The number of fused-ring (bicyclic) bond motifs is 2. The second-order valence-electron chi connectivity index (χ2n) is 11.8. The Morgan fingerprint density at radius 2 is 1.76 bits per heavy atom. The molecule has 3 aliphatic rings. The molecular formula is C31H33FLiN5O4. The van der Waals surface area contributed by atoms with E-state index in [1.807, 2.05) is 55.9 Å². The monoisotopic (exact) mass is 565 g/mol. The number of imidazole rings is 1. The van der Waals surface area contributed by atoms with Crippen molar-refractivity contribution < 1.29 is 42.4 Å². The minimum Gasteiger partial charge on any atom is -0.539 e. The summed E-state index contributed by atoms with van der Waals surface area (Å²) in [6.07, 6.45) is 5.13. The average Bonchev–Trinajstić information content (AvgIpc) is 3.65. The third kappa shape index (κ3) is 5.58. The molecule has 11 heteroatoms. The fraction of sp³-hybridized carbons (Fsp3) is 0.419. The number of carbonyl (C=O) groups is 2. The number of benzene rings is 2. The van der Waals surface area contributed by atoms with Crippen molar-refractivity contribution in [3.8, 4) is 11.1 Å². The van der Waals surface area contributed by atoms with Gasteiger partial charge in [0, 0.05) is 61.8 Å². The molecule has 0 radical (unpaired) electrons. The second kappa shape index (κ2) is 11.6. The molecule has 0 spiro atoms. The van der Waals surface area contributed by atoms with E-state index in [1.165, 1.54) is 11.0 Å². The topological polar surface area (TPSA) is 88.0 Å². The van der Waals surface area contributed by atoms with Crippen LogP contribution in [-0.4, -0.2) is 69.4 Å². The Labute approximate surface area is 256 Å². The fourth-order valence-corrected chi connectivity index (χ4v) is 5.90. The first-order chi connectivity index (χ1) is 19.6. The first-order valence-electron chi connectivity index (χ1n) is 14.0. The van der Waals surface area contributed by atoms with Crippen molar-refractivity contribution in [2.75, 3.05) is 31.1 Å². The third-order valence-electron chi connectivity index (χ3n) is 7.99. The maximum absolute atomic E-state index is 15.3. The number of anilines is 1. The Morgan fingerprint density at radius 1 is 1.05 bits per heavy atom. The van der Waals surface area contributed by atoms with E-state index in [1.54, 1.807) is 17.3 Å². The normalized spacial score (nSPS) is 17.0. The van der Waals surface area contributed by atoms with Crippen molar-refractivity contribution in [2.24, 2.45) is 0 Å². The standard InChI is InChI=1S/C31H33FN5O4.Li/c1-31(2,3)41-30(40)35-13-11-34(12-14-35)22-8-6-20(7-9-22)21-15-23-24(25(32)16-21)17-37(29(23)39)27(18-38)28-26-5-4-10-36(26)19-33-28;/h6-9,15-16,19,27H,4-5,10-14,17H2,1-3H3;/q-1;+1. The van der Waals surface area contributed by atoms with E-state index in [2.05, 4.69) is 9.88 Å². The van der Waals surface area contributed by atoms with Crippen molar-refractivity contribution in [3.05, 3.63) is 71.1 Å². The summed E-state index contributed by atoms with van der Waals surface area (Å²) in [5.41, 5.74) is 3.85. The van der Waals surface area contributed by atoms with Crippen LogP contribution in [0.15, 0.2) is 42.7 Å². The molecule has 1 unspecified atom stereocenters. The molecule has 3 aromatic rings. The van der Waals surface area contributed by atoms with Crippen molar-refractivity contribution >= 4 is 24.0 Å². The fourth-order valence-electron chi connectivity index (χ4n) is 5.90. The summed E-state index contributed by atoms with van der Waals surface area (Å²) in [5.74, 6) is -0.872. The Bertz CT molecular complexity index is 1510. The molecule has 0 bridgehead atoms. The predicted octanol–water partition coefficient (Wildman–Crippen LogP) is 1.50. The molecular weight excluding hydrogens is 532 g/mol. The molecule has 9 nitrogen and oxygen atoms in total. The van der Waals surface area contributed by atoms with Crippen LogP contribution in [0.5, 0.6) is 0 Å². The van der Waals surface area contributed by atoms with Gasteiger partial charge in [-0.25, -0.2) is 20.5 Å². The molecule has 0 N–H and O–H groups in total. The van der Waals surface area contributed by atoms with Crippen LogP contribution in [0.1, 0.15) is 60.5 Å². The van der Waals surface area contributed by atoms with Gasteiger partial charge in [-0.2, -0.15) is 0 Å². The van der Waals surface area contributed by atoms with Gasteiger partial charge in [-0.1, -0.05) is 12.1 Å². The molecule has 214 valence electrons. The van der Waals surface area contributed by atoms with Gasteiger partial charge in [-0.05, 0) is 75.0 Å². The van der Waals surface area contributed by atoms with E-state index in [0.717, 1.165) is 36.3 Å². The molecule has 1 saturated heterocycles. The van der Waals surface area contributed by atoms with Crippen LogP contribution in [0.4, 0.5) is 14.9 Å². The molecule has 42 heavy (non-hydrogen) atoms. The number of hydrogen-bond donors (Lipinski definition) is 0. The first kappa shape index (κ1) is 29.9. The molecule has 4 heterocycles. The summed E-state index contributed by atoms with van der Waals surface area (Å²) in [7, 11) is 0. The van der Waals surface area contributed by atoms with Crippen molar-refractivity contribution in [2.45, 2.75) is 58.3 Å². The maximum Gasteiger partial charge on any atom is 1.00 e. The van der Waals surface area contributed by atoms with Gasteiger partial charge in [0.05, 0.1) is 12.0 Å². The van der Waals surface area contributed by atoms with Gasteiger partial charge >= 0.3 is 25.0 Å². The number of hydrogen-bond acceptors (Lipinski definition) is 6. The molecule has 0 saturated carbocycles. The zero-order chi connectivity index (χ0) is 28.9. The average molecular weight is 566 g/mol. The summed E-state index contributed by atoms with van der Waals surface area (Å²) >= 11 is 0. The summed E-state index contributed by atoms with van der Waals surface area (Å²) in [6.45, 7) is 8.87. The van der Waals surface area contributed by atoms with E-state index in [-0.39, 0.29) is 42.6 Å². The van der Waals surface area contributed by atoms with E-state index >= 15 is 4.39 Å². The number of halogens is 1. The van der Waals surface area contributed by atoms with Gasteiger partial charge in [0.15, 0.2) is 0 Å². The Balaban J connectivity index is 0.00000353. The van der Waals surface area contributed by atoms with Crippen LogP contribution in [-0.2, 0) is 29.0 Å². The van der Waals surface area contributed by atoms with Crippen LogP contribution in [0.3, 0.4) is 0 Å². The number of rotatable bonds is 5. The first-order valence-corrected chi connectivity index (χ1v) is 14.0. The number of piperazine rings is 1. The van der Waals surface area contributed by atoms with Crippen molar-refractivity contribution in [1.82, 2.24) is 19.4 Å². The van der Waals surface area contributed by atoms with Crippen LogP contribution in [0.25, 0.3) is 11.1 Å². The zero-order valence-corrected chi connectivity index (χ0v) is 24.5. The quantitative estimate of drug-likeness (QED) is 0.344. The summed E-state index contributed by atoms with van der Waals surface area (Å²) in [6, 6.07) is 9.92. The Morgan fingerprint density at radius 3 is 2.43 bits per heavy atom. The van der Waals surface area contributed by atoms with Gasteiger partial charge in [0.25, 0.3) is 5.91 Å². The van der Waals surface area contributed by atoms with E-state index in [4.69, 9.17) is 4.74 Å². The van der Waals surface area contributed by atoms with E-state index in [9.17, 15) is 14.4 Å². The Hall–Kier alpha value is -3.61. The molecule has 6 rings (SSSR count). The minimum atomic E-state index is -0.970. The molecule has 2 aromatic carbocycles. The largest absolute Gasteiger partial charge is 1.00 e. The number of amides is 2. The summed E-state index contributed by atoms with van der Waals surface area (Å²) in [4.78, 5) is 47.5. The summed E-state index contributed by atoms with van der Waals surface area (Å²) < 4.78 is 22.8. The Kier molecular flexibility index (Phi) is 8.23. The SMILES string of the molecule is CC(C)(C)OC(=O)N1CCN(c2ccc(-c3cc(F)c4c(c3)C(=O)N(C([C-]=O)c3ncn5c3CCC5)C4)cc2)CC1.[Li+]. The van der Waals surface area contributed by atoms with E-state index < -0.39 is 23.4 Å². The number of aryl methyl sites for hydroxylation is 1. The smallest absolute Gasteiger partial charge is 0.539 e. The molecule has 2 amide bonds. The van der Waals surface area contributed by atoms with Gasteiger partial charge in [-0.3, -0.25) is 4.79 Å². The van der Waals surface area contributed by atoms with Gasteiger partial charge in [0.2, 0.25) is 0 Å². The minimum absolute atomic E-state index is 0. The molecule has 1 aromatic heterocycles. The molecule has 1 fully saturated rings. The van der Waals surface area contributed by atoms with Gasteiger partial charge in [-0.15, -0.1) is 0 Å². The van der Waals surface area contributed by atoms with Crippen LogP contribution in [0, 0.1) is 5.82 Å². The van der Waals surface area contributed by atoms with Crippen LogP contribution < -0.4 is 23.8 Å². The molecule has 1 atom stereocenters. The second-order valence-corrected chi connectivity index (χ2v) is 11.8. The van der Waals surface area contributed by atoms with Crippen LogP contribution >= 0.6 is 0 Å². The predicted molar refractivity (Wildman–Crippen MR) is 151 cm³/mol. The third-order valence-corrected chi connectivity index (χ3v) is 7.99. The number of aromatic nitrogens is 2. The van der Waals surface area contributed by atoms with Gasteiger partial charge in [0.1, 0.15) is 11.4 Å². The number of carbonyl (C=O) groups excluding carboxylic acids is 3. The number of ether oxygens (including phenoxy) is 1. The van der Waals surface area contributed by atoms with Crippen molar-refractivity contribution in [3.63, 3.8) is 0 Å². The maximum atomic E-state index is 15.3. The number of nitrogens with zero attached hydrogens (tertiary/aromatic N) is 5. The van der Waals surface area contributed by atoms with Crippen molar-refractivity contribution in [1.29, 1.82) is 0 Å².